The summed E-state index contributed by atoms with van der Waals surface area (Å²) in [7, 11) is 5.47. The van der Waals surface area contributed by atoms with Gasteiger partial charge in [-0.1, -0.05) is 124 Å². The fourth-order valence-corrected chi connectivity index (χ4v) is 12.2. The first-order valence-electron chi connectivity index (χ1n) is 35.0. The number of amides is 13. The zero-order valence-electron chi connectivity index (χ0n) is 63.6. The van der Waals surface area contributed by atoms with Gasteiger partial charge < -0.3 is 71.8 Å². The summed E-state index contributed by atoms with van der Waals surface area (Å²) < 4.78 is 18.1. The van der Waals surface area contributed by atoms with Gasteiger partial charge in [0.1, 0.15) is 72.3 Å². The minimum atomic E-state index is -1.75. The summed E-state index contributed by atoms with van der Waals surface area (Å²) >= 11 is 0. The zero-order valence-corrected chi connectivity index (χ0v) is 64.4. The Balaban J connectivity index is 4.17. The summed E-state index contributed by atoms with van der Waals surface area (Å²) in [6.45, 7) is 30.3. The van der Waals surface area contributed by atoms with Crippen molar-refractivity contribution in [3.63, 3.8) is 0 Å². The molecule has 0 radical (unpaired) electrons. The maximum Gasteiger partial charge on any atom is 0.329 e. The molecule has 0 bridgehead atoms. The molecular weight excluding hydrogens is 1300 g/mol. The third-order valence-electron chi connectivity index (χ3n) is 18.0. The van der Waals surface area contributed by atoms with Gasteiger partial charge in [-0.15, -0.1) is 0 Å². The quantitative estimate of drug-likeness (QED) is 0.0803. The van der Waals surface area contributed by atoms with E-state index >= 15 is 0 Å². The molecule has 0 aromatic rings. The maximum absolute atomic E-state index is 14.8. The van der Waals surface area contributed by atoms with Gasteiger partial charge in [0.15, 0.2) is 0 Å². The van der Waals surface area contributed by atoms with Crippen LogP contribution in [-0.2, 0) is 82.7 Å². The standard InChI is InChI=1S/C69H123N13O16S/c1-25-43(15)58-63(90)72-32-29-52(85)75-55(41(11)12)67(94)80(21)57(42(13)14)68(95)78(19)45(17)60(87)70-30-27-50(83)74-48(34-38(5)6)65(92)82(23)59(44(16)26-2)69(96)98-46(18)56(62(89)71-31-28-51(84)73-47(33-37(3)4)64(91)81(58)22)77-61(88)49(35-39(7)8)79(20)66(93)54(40(9)10)76-53(86)36-99(24)97/h37-49,54-59H,25-36H2,1-24H3,(H,70,87)(H,71,89)(H,72,90)(H,73,84)(H,74,83)(H,75,85)(H,76,86)(H,77,88). The smallest absolute Gasteiger partial charge is 0.329 e. The molecule has 0 aromatic carbocycles. The highest BCUT2D eigenvalue weighted by atomic mass is 32.2. The van der Waals surface area contributed by atoms with Crippen LogP contribution in [0, 0.1) is 47.3 Å². The summed E-state index contributed by atoms with van der Waals surface area (Å²) in [5, 5.41) is 21.7. The number of carbonyl (C=O) groups is 14. The van der Waals surface area contributed by atoms with Crippen LogP contribution in [0.25, 0.3) is 0 Å². The molecule has 566 valence electrons. The maximum atomic E-state index is 14.8. The minimum Gasteiger partial charge on any atom is -0.458 e. The highest BCUT2D eigenvalue weighted by molar-refractivity contribution is 7.85. The first-order valence-corrected chi connectivity index (χ1v) is 36.8. The van der Waals surface area contributed by atoms with Crippen LogP contribution in [0.5, 0.6) is 0 Å². The van der Waals surface area contributed by atoms with Crippen LogP contribution < -0.4 is 42.5 Å². The molecule has 14 atom stereocenters. The van der Waals surface area contributed by atoms with Crippen molar-refractivity contribution in [2.24, 2.45) is 47.3 Å². The second-order valence-corrected chi connectivity index (χ2v) is 30.4. The summed E-state index contributed by atoms with van der Waals surface area (Å²) in [5.74, 6) is -13.2. The molecule has 1 aliphatic heterocycles. The Hall–Kier alpha value is -7.27. The van der Waals surface area contributed by atoms with E-state index in [1.165, 1.54) is 70.0 Å². The van der Waals surface area contributed by atoms with E-state index < -0.39 is 203 Å². The Morgan fingerprint density at radius 2 is 1.00 bits per heavy atom. The predicted octanol–water partition coefficient (Wildman–Crippen LogP) is 1.61. The molecule has 8 N–H and O–H groups in total. The average Bonchev–Trinajstić information content (AvgIpc) is 0.842. The number of cyclic esters (lactones) is 1. The molecule has 13 amide bonds. The first-order chi connectivity index (χ1) is 45.9. The third kappa shape index (κ3) is 28.4. The van der Waals surface area contributed by atoms with Crippen molar-refractivity contribution in [1.29, 1.82) is 0 Å². The SMILES string of the molecule is CCC(C)C1C(=O)NCCC(=O)NC(C(C)C)C(=O)N(C)C(C(C)C)C(=O)N(C)C(C)C(=O)NCCC(=O)NC(CC(C)C)C(=O)N(C)C(C(C)CC)C(=O)OC(C)C(NC(=O)C(CC(C)C)N(C)C(=O)C(NC(=O)CS(C)=O)C(C)C)C(=O)NCCC(=O)NC(CC(C)C)C(=O)N1C. The van der Waals surface area contributed by atoms with E-state index in [-0.39, 0.29) is 68.7 Å². The van der Waals surface area contributed by atoms with Crippen LogP contribution in [0.4, 0.5) is 0 Å². The molecule has 99 heavy (non-hydrogen) atoms. The van der Waals surface area contributed by atoms with Gasteiger partial charge in [0.05, 0.1) is 0 Å². The lowest BCUT2D eigenvalue weighted by molar-refractivity contribution is -0.163. The Bertz CT molecular complexity index is 2800. The van der Waals surface area contributed by atoms with Gasteiger partial charge >= 0.3 is 5.97 Å². The molecule has 0 aromatic heterocycles. The van der Waals surface area contributed by atoms with Crippen molar-refractivity contribution < 1.29 is 76.1 Å². The van der Waals surface area contributed by atoms with E-state index in [2.05, 4.69) is 42.5 Å². The number of likely N-dealkylation sites (N-methyl/N-ethyl adjacent to an activating group) is 5. The molecule has 0 aliphatic carbocycles. The number of nitrogens with zero attached hydrogens (tertiary/aromatic N) is 5. The highest BCUT2D eigenvalue weighted by Crippen LogP contribution is 2.23. The Kier molecular flexibility index (Phi) is 38.7. The van der Waals surface area contributed by atoms with E-state index in [0.717, 1.165) is 9.80 Å². The highest BCUT2D eigenvalue weighted by Gasteiger charge is 2.43. The van der Waals surface area contributed by atoms with Crippen molar-refractivity contribution in [1.82, 2.24) is 67.0 Å². The fourth-order valence-electron chi connectivity index (χ4n) is 11.7. The Labute approximate surface area is 590 Å². The summed E-state index contributed by atoms with van der Waals surface area (Å²) in [6.07, 6.45) is -0.204. The second kappa shape index (κ2) is 42.7. The molecule has 29 nitrogen and oxygen atoms in total. The van der Waals surface area contributed by atoms with Gasteiger partial charge in [-0.05, 0) is 80.5 Å². The lowest BCUT2D eigenvalue weighted by Gasteiger charge is -2.37. The van der Waals surface area contributed by atoms with Gasteiger partial charge in [-0.3, -0.25) is 66.5 Å². The van der Waals surface area contributed by atoms with Gasteiger partial charge in [0.25, 0.3) is 0 Å². The topological polar surface area (TPSA) is 378 Å². The van der Waals surface area contributed by atoms with Gasteiger partial charge in [-0.2, -0.15) is 0 Å². The number of hydrogen-bond acceptors (Lipinski definition) is 16. The van der Waals surface area contributed by atoms with E-state index in [9.17, 15) is 71.3 Å². The van der Waals surface area contributed by atoms with Crippen molar-refractivity contribution in [3.8, 4) is 0 Å². The molecule has 30 heteroatoms. The molecule has 1 fully saturated rings. The number of esters is 1. The number of hydrogen-bond donors (Lipinski definition) is 8. The van der Waals surface area contributed by atoms with E-state index in [1.54, 1.807) is 76.2 Å². The van der Waals surface area contributed by atoms with Gasteiger partial charge in [-0.25, -0.2) is 4.79 Å². The molecule has 1 saturated heterocycles. The van der Waals surface area contributed by atoms with Crippen LogP contribution in [0.2, 0.25) is 0 Å². The number of nitrogens with one attached hydrogen (secondary N) is 8. The summed E-state index contributed by atoms with van der Waals surface area (Å²) in [4.78, 5) is 205. The van der Waals surface area contributed by atoms with Crippen LogP contribution >= 0.6 is 0 Å². The number of carbonyl (C=O) groups excluding carboxylic acids is 14. The summed E-state index contributed by atoms with van der Waals surface area (Å²) in [6, 6.07) is -12.4. The number of rotatable bonds is 20. The number of ether oxygens (including phenoxy) is 1. The van der Waals surface area contributed by atoms with Crippen LogP contribution in [0.3, 0.4) is 0 Å². The summed E-state index contributed by atoms with van der Waals surface area (Å²) in [5.41, 5.74) is 0. The molecule has 1 rings (SSSR count). The lowest BCUT2D eigenvalue weighted by Crippen LogP contribution is -2.61. The molecule has 0 saturated carbocycles. The average molecular weight is 1420 g/mol. The van der Waals surface area contributed by atoms with Gasteiger partial charge in [0, 0.05) is 91.2 Å². The van der Waals surface area contributed by atoms with Crippen LogP contribution in [0.15, 0.2) is 0 Å². The molecule has 14 unspecified atom stereocenters. The van der Waals surface area contributed by atoms with Gasteiger partial charge in [0.2, 0.25) is 76.8 Å². The predicted molar refractivity (Wildman–Crippen MR) is 377 cm³/mol. The Morgan fingerprint density at radius 1 is 0.566 bits per heavy atom. The minimum absolute atomic E-state index is 0.0339. The van der Waals surface area contributed by atoms with E-state index in [4.69, 9.17) is 4.74 Å². The molecular formula is C69H123N13O16S. The van der Waals surface area contributed by atoms with Crippen molar-refractivity contribution >= 4 is 93.6 Å². The van der Waals surface area contributed by atoms with Crippen molar-refractivity contribution in [3.05, 3.63) is 0 Å². The molecule has 1 heterocycles. The molecule has 1 aliphatic rings. The van der Waals surface area contributed by atoms with E-state index in [1.807, 2.05) is 34.6 Å². The first kappa shape index (κ1) is 89.7. The lowest BCUT2D eigenvalue weighted by atomic mass is 9.95. The second-order valence-electron chi connectivity index (χ2n) is 29.0. The zero-order chi connectivity index (χ0) is 76.4. The normalized spacial score (nSPS) is 24.9. The fraction of sp³-hybridized carbons (Fsp3) is 0.797. The Morgan fingerprint density at radius 3 is 1.42 bits per heavy atom. The van der Waals surface area contributed by atoms with Crippen molar-refractivity contribution in [2.75, 3.05) is 66.9 Å². The van der Waals surface area contributed by atoms with Crippen LogP contribution in [0.1, 0.15) is 176 Å². The molecule has 0 spiro atoms. The monoisotopic (exact) mass is 1420 g/mol. The largest absolute Gasteiger partial charge is 0.458 e. The third-order valence-corrected chi connectivity index (χ3v) is 18.7. The van der Waals surface area contributed by atoms with Crippen molar-refractivity contribution in [2.45, 2.75) is 243 Å². The van der Waals surface area contributed by atoms with E-state index in [0.29, 0.717) is 12.8 Å². The van der Waals surface area contributed by atoms with Crippen LogP contribution in [-0.4, -0.2) is 245 Å².